The normalized spacial score (nSPS) is 10.8. The first-order valence-corrected chi connectivity index (χ1v) is 7.87. The van der Waals surface area contributed by atoms with Gasteiger partial charge in [-0.1, -0.05) is 0 Å². The van der Waals surface area contributed by atoms with Gasteiger partial charge in [-0.2, -0.15) is 0 Å². The summed E-state index contributed by atoms with van der Waals surface area (Å²) >= 11 is 0.729. The minimum absolute atomic E-state index is 0.729. The van der Waals surface area contributed by atoms with Crippen LogP contribution >= 0.6 is 0 Å². The van der Waals surface area contributed by atoms with E-state index in [0.717, 1.165) is 15.0 Å². The van der Waals surface area contributed by atoms with Crippen LogP contribution in [0.5, 0.6) is 0 Å². The average molecular weight is 293 g/mol. The van der Waals surface area contributed by atoms with Crippen molar-refractivity contribution in [3.63, 3.8) is 0 Å². The molecule has 0 atom stereocenters. The van der Waals surface area contributed by atoms with Crippen molar-refractivity contribution in [1.29, 1.82) is 0 Å². The maximum absolute atomic E-state index is 2.30. The van der Waals surface area contributed by atoms with E-state index in [1.807, 2.05) is 0 Å². The van der Waals surface area contributed by atoms with E-state index in [4.69, 9.17) is 0 Å². The van der Waals surface area contributed by atoms with Crippen molar-refractivity contribution in [1.82, 2.24) is 0 Å². The Kier molecular flexibility index (Phi) is 4.18. The van der Waals surface area contributed by atoms with Crippen LogP contribution in [0.4, 0.5) is 0 Å². The van der Waals surface area contributed by atoms with E-state index in [0.29, 0.717) is 0 Å². The summed E-state index contributed by atoms with van der Waals surface area (Å²) in [6, 6.07) is 9.20. The fourth-order valence-electron chi connectivity index (χ4n) is 2.72. The van der Waals surface area contributed by atoms with Crippen molar-refractivity contribution < 1.29 is 15.0 Å². The first kappa shape index (κ1) is 14.4. The molecular weight excluding hydrogens is 271 g/mol. The molecule has 2 aromatic rings. The molecule has 0 aliphatic carbocycles. The van der Waals surface area contributed by atoms with Gasteiger partial charge in [-0.3, -0.25) is 0 Å². The molecule has 0 heterocycles. The van der Waals surface area contributed by atoms with Gasteiger partial charge in [0, 0.05) is 0 Å². The number of rotatable bonds is 2. The Morgan fingerprint density at radius 3 is 1.05 bits per heavy atom. The summed E-state index contributed by atoms with van der Waals surface area (Å²) in [6.45, 7) is 13.3. The molecule has 2 rings (SSSR count). The Morgan fingerprint density at radius 1 is 0.526 bits per heavy atom. The third kappa shape index (κ3) is 3.11. The quantitative estimate of drug-likeness (QED) is 0.743. The number of benzene rings is 2. The predicted octanol–water partition coefficient (Wildman–Crippen LogP) is 3.57. The van der Waals surface area contributed by atoms with Gasteiger partial charge < -0.3 is 0 Å². The van der Waals surface area contributed by atoms with Crippen LogP contribution < -0.4 is 8.92 Å². The Morgan fingerprint density at radius 2 is 0.789 bits per heavy atom. The standard InChI is InChI=1S/2C9H11.Mn/c2*1-7-4-8(2)6-9(3)5-7;/h2*4-5H,1-3H3;. The molecule has 0 radical (unpaired) electrons. The van der Waals surface area contributed by atoms with Crippen LogP contribution in [0.15, 0.2) is 24.3 Å². The molecule has 0 amide bonds. The number of hydrogen-bond donors (Lipinski definition) is 0. The summed E-state index contributed by atoms with van der Waals surface area (Å²) in [6.07, 6.45) is 0. The Balaban J connectivity index is 2.48. The molecular formula is C18H22Mn. The fraction of sp³-hybridized carbons (Fsp3) is 0.333. The molecule has 0 saturated carbocycles. The second-order valence-corrected chi connectivity index (χ2v) is 7.00. The second-order valence-electron chi connectivity index (χ2n) is 5.52. The average Bonchev–Trinajstić information content (AvgIpc) is 2.25. The molecule has 0 nitrogen and oxygen atoms in total. The molecule has 0 unspecified atom stereocenters. The minimum atomic E-state index is 0.729. The summed E-state index contributed by atoms with van der Waals surface area (Å²) < 4.78 is 3.04. The van der Waals surface area contributed by atoms with E-state index in [-0.39, 0.29) is 0 Å². The zero-order chi connectivity index (χ0) is 14.2. The van der Waals surface area contributed by atoms with Crippen LogP contribution in [0.2, 0.25) is 0 Å². The van der Waals surface area contributed by atoms with Gasteiger partial charge in [0.25, 0.3) is 0 Å². The van der Waals surface area contributed by atoms with Crippen LogP contribution in [0.1, 0.15) is 33.4 Å². The molecule has 0 bridgehead atoms. The first-order chi connectivity index (χ1) is 8.88. The van der Waals surface area contributed by atoms with Crippen LogP contribution in [-0.4, -0.2) is 0 Å². The van der Waals surface area contributed by atoms with Crippen molar-refractivity contribution >= 4 is 8.92 Å². The molecule has 0 spiro atoms. The van der Waals surface area contributed by atoms with Crippen molar-refractivity contribution in [2.24, 2.45) is 0 Å². The molecule has 0 fully saturated rings. The molecule has 0 aliphatic rings. The number of aryl methyl sites for hydroxylation is 6. The monoisotopic (exact) mass is 293 g/mol. The van der Waals surface area contributed by atoms with Crippen molar-refractivity contribution in [3.8, 4) is 0 Å². The van der Waals surface area contributed by atoms with Gasteiger partial charge in [0.05, 0.1) is 0 Å². The van der Waals surface area contributed by atoms with E-state index >= 15 is 0 Å². The Bertz CT molecular complexity index is 522. The van der Waals surface area contributed by atoms with Gasteiger partial charge in [0.15, 0.2) is 0 Å². The molecule has 0 N–H and O–H groups in total. The van der Waals surface area contributed by atoms with E-state index in [9.17, 15) is 0 Å². The summed E-state index contributed by atoms with van der Waals surface area (Å²) in [4.78, 5) is 0. The molecule has 1 heteroatoms. The van der Waals surface area contributed by atoms with Gasteiger partial charge in [0.1, 0.15) is 0 Å². The predicted molar refractivity (Wildman–Crippen MR) is 80.6 cm³/mol. The molecule has 19 heavy (non-hydrogen) atoms. The van der Waals surface area contributed by atoms with Gasteiger partial charge in [-0.25, -0.2) is 0 Å². The number of hydrogen-bond acceptors (Lipinski definition) is 0. The third-order valence-electron chi connectivity index (χ3n) is 3.35. The van der Waals surface area contributed by atoms with Gasteiger partial charge in [0.2, 0.25) is 0 Å². The maximum atomic E-state index is 2.30. The van der Waals surface area contributed by atoms with Gasteiger partial charge >= 0.3 is 123 Å². The fourth-order valence-corrected chi connectivity index (χ4v) is 4.28. The summed E-state index contributed by atoms with van der Waals surface area (Å²) in [5, 5.41) is 0. The first-order valence-electron chi connectivity index (χ1n) is 6.69. The van der Waals surface area contributed by atoms with Crippen LogP contribution in [0.25, 0.3) is 0 Å². The summed E-state index contributed by atoms with van der Waals surface area (Å²) in [5.41, 5.74) is 8.44. The van der Waals surface area contributed by atoms with Crippen LogP contribution in [-0.2, 0) is 15.0 Å². The topological polar surface area (TPSA) is 0 Å². The Hall–Kier alpha value is -1.04. The van der Waals surface area contributed by atoms with E-state index < -0.39 is 0 Å². The van der Waals surface area contributed by atoms with E-state index in [1.165, 1.54) is 42.3 Å². The van der Waals surface area contributed by atoms with Gasteiger partial charge in [-0.15, -0.1) is 0 Å². The Labute approximate surface area is 123 Å². The zero-order valence-corrected chi connectivity index (χ0v) is 13.9. The van der Waals surface area contributed by atoms with E-state index in [2.05, 4.69) is 65.8 Å². The van der Waals surface area contributed by atoms with Crippen LogP contribution in [0, 0.1) is 41.5 Å². The van der Waals surface area contributed by atoms with Crippen molar-refractivity contribution in [2.75, 3.05) is 0 Å². The molecule has 101 valence electrons. The van der Waals surface area contributed by atoms with E-state index in [1.54, 1.807) is 0 Å². The summed E-state index contributed by atoms with van der Waals surface area (Å²) in [5.74, 6) is 0. The van der Waals surface area contributed by atoms with Gasteiger partial charge in [-0.05, 0) is 0 Å². The zero-order valence-electron chi connectivity index (χ0n) is 12.7. The molecule has 0 saturated heterocycles. The van der Waals surface area contributed by atoms with Crippen LogP contribution in [0.3, 0.4) is 0 Å². The SMILES string of the molecule is Cc1cc(C)[c]([Mn][c]2c(C)cc(C)cc2C)c(C)c1. The molecule has 0 aliphatic heterocycles. The van der Waals surface area contributed by atoms with Crippen molar-refractivity contribution in [2.45, 2.75) is 41.5 Å². The third-order valence-corrected chi connectivity index (χ3v) is 5.80. The summed E-state index contributed by atoms with van der Waals surface area (Å²) in [7, 11) is 0. The molecule has 0 aromatic heterocycles. The second kappa shape index (κ2) is 5.53. The van der Waals surface area contributed by atoms with Crippen molar-refractivity contribution in [3.05, 3.63) is 57.6 Å². The molecule has 2 aromatic carbocycles.